The van der Waals surface area contributed by atoms with Crippen LogP contribution in [-0.2, 0) is 11.3 Å². The van der Waals surface area contributed by atoms with Crippen molar-refractivity contribution >= 4 is 11.6 Å². The smallest absolute Gasteiger partial charge is 0.189 e. The quantitative estimate of drug-likeness (QED) is 0.347. The number of nitrogens with zero attached hydrogens (tertiary/aromatic N) is 7. The lowest BCUT2D eigenvalue weighted by Crippen LogP contribution is -2.09. The first-order valence-corrected chi connectivity index (χ1v) is 12.3. The second kappa shape index (κ2) is 10.0. The van der Waals surface area contributed by atoms with Gasteiger partial charge in [0.15, 0.2) is 17.4 Å². The van der Waals surface area contributed by atoms with E-state index < -0.39 is 0 Å². The van der Waals surface area contributed by atoms with Crippen molar-refractivity contribution in [2.75, 3.05) is 19.5 Å². The minimum atomic E-state index is -0.0742. The molecule has 0 bridgehead atoms. The van der Waals surface area contributed by atoms with Gasteiger partial charge in [-0.05, 0) is 51.7 Å². The molecule has 190 valence electrons. The van der Waals surface area contributed by atoms with Gasteiger partial charge in [0.1, 0.15) is 17.8 Å². The predicted molar refractivity (Wildman–Crippen MR) is 139 cm³/mol. The molecule has 10 heteroatoms. The average molecular weight is 499 g/mol. The van der Waals surface area contributed by atoms with Crippen molar-refractivity contribution in [3.05, 3.63) is 59.2 Å². The van der Waals surface area contributed by atoms with E-state index in [1.54, 1.807) is 26.4 Å². The van der Waals surface area contributed by atoms with Crippen LogP contribution in [0.25, 0.3) is 17.1 Å². The Morgan fingerprint density at radius 1 is 1.14 bits per heavy atom. The van der Waals surface area contributed by atoms with Crippen molar-refractivity contribution in [3.8, 4) is 28.9 Å². The summed E-state index contributed by atoms with van der Waals surface area (Å²) in [6, 6.07) is 11.4. The van der Waals surface area contributed by atoms with Gasteiger partial charge in [0.2, 0.25) is 0 Å². The summed E-state index contributed by atoms with van der Waals surface area (Å²) in [4.78, 5) is 8.94. The Kier molecular flexibility index (Phi) is 6.63. The van der Waals surface area contributed by atoms with E-state index in [1.165, 1.54) is 19.2 Å². The van der Waals surface area contributed by atoms with Crippen LogP contribution in [0.15, 0.2) is 36.7 Å². The Balaban J connectivity index is 1.53. The summed E-state index contributed by atoms with van der Waals surface area (Å²) in [5, 5.41) is 22.2. The van der Waals surface area contributed by atoms with Crippen LogP contribution < -0.4 is 10.1 Å². The molecule has 1 saturated carbocycles. The molecule has 0 radical (unpaired) electrons. The van der Waals surface area contributed by atoms with Gasteiger partial charge in [-0.2, -0.15) is 15.5 Å². The normalized spacial score (nSPS) is 13.8. The van der Waals surface area contributed by atoms with Crippen molar-refractivity contribution in [1.29, 1.82) is 5.26 Å². The minimum Gasteiger partial charge on any atom is -0.491 e. The second-order valence-corrected chi connectivity index (χ2v) is 9.31. The van der Waals surface area contributed by atoms with Crippen LogP contribution in [0.3, 0.4) is 0 Å². The van der Waals surface area contributed by atoms with Crippen molar-refractivity contribution in [2.24, 2.45) is 5.92 Å². The zero-order valence-electron chi connectivity index (χ0n) is 21.7. The van der Waals surface area contributed by atoms with Crippen LogP contribution in [0.2, 0.25) is 0 Å². The first-order chi connectivity index (χ1) is 17.9. The highest BCUT2D eigenvalue weighted by Gasteiger charge is 2.27. The van der Waals surface area contributed by atoms with E-state index >= 15 is 0 Å². The monoisotopic (exact) mass is 498 g/mol. The molecule has 1 aliphatic carbocycles. The number of nitrogens with one attached hydrogen (secondary N) is 1. The lowest BCUT2D eigenvalue weighted by atomic mass is 10.1. The van der Waals surface area contributed by atoms with E-state index in [0.29, 0.717) is 34.6 Å². The van der Waals surface area contributed by atoms with Crippen molar-refractivity contribution in [1.82, 2.24) is 29.5 Å². The number of ether oxygens (including phenoxy) is 2. The Morgan fingerprint density at radius 3 is 2.54 bits per heavy atom. The third-order valence-corrected chi connectivity index (χ3v) is 6.75. The average Bonchev–Trinajstić information content (AvgIpc) is 3.60. The van der Waals surface area contributed by atoms with Gasteiger partial charge >= 0.3 is 0 Å². The standard InChI is InChI=1S/C27H30N8O2/c1-16-24(18(3)36-4)17(2)35(32-16)23-12-22(29-15-30-23)31-27-26(37-5)25(33-34(27)14-20-6-7-20)21-10-8-19(13-28)9-11-21/h8-12,15,18,20H,6-7,14H2,1-5H3,(H,29,30,31). The van der Waals surface area contributed by atoms with Crippen LogP contribution >= 0.6 is 0 Å². The number of hydrogen-bond acceptors (Lipinski definition) is 8. The number of aromatic nitrogens is 6. The molecule has 3 heterocycles. The van der Waals surface area contributed by atoms with E-state index in [4.69, 9.17) is 24.9 Å². The van der Waals surface area contributed by atoms with Gasteiger partial charge < -0.3 is 14.8 Å². The zero-order valence-corrected chi connectivity index (χ0v) is 21.7. The lowest BCUT2D eigenvalue weighted by molar-refractivity contribution is 0.118. The minimum absolute atomic E-state index is 0.0742. The molecule has 1 atom stereocenters. The molecular formula is C27H30N8O2. The number of methoxy groups -OCH3 is 2. The predicted octanol–water partition coefficient (Wildman–Crippen LogP) is 4.88. The van der Waals surface area contributed by atoms with E-state index in [0.717, 1.165) is 34.9 Å². The van der Waals surface area contributed by atoms with E-state index in [-0.39, 0.29) is 6.10 Å². The highest BCUT2D eigenvalue weighted by Crippen LogP contribution is 2.40. The molecule has 37 heavy (non-hydrogen) atoms. The number of rotatable bonds is 9. The SMILES string of the molecule is COc1c(-c2ccc(C#N)cc2)nn(CC2CC2)c1Nc1cc(-n2nc(C)c(C(C)OC)c2C)ncn1. The van der Waals surface area contributed by atoms with Gasteiger partial charge in [-0.1, -0.05) is 12.1 Å². The van der Waals surface area contributed by atoms with E-state index in [9.17, 15) is 0 Å². The second-order valence-electron chi connectivity index (χ2n) is 9.31. The fourth-order valence-electron chi connectivity index (χ4n) is 4.57. The summed E-state index contributed by atoms with van der Waals surface area (Å²) in [7, 11) is 3.33. The Morgan fingerprint density at radius 2 is 1.89 bits per heavy atom. The summed E-state index contributed by atoms with van der Waals surface area (Å²) >= 11 is 0. The fourth-order valence-corrected chi connectivity index (χ4v) is 4.57. The molecule has 1 aliphatic rings. The fraction of sp³-hybridized carbons (Fsp3) is 0.370. The van der Waals surface area contributed by atoms with Crippen molar-refractivity contribution in [2.45, 2.75) is 46.3 Å². The van der Waals surface area contributed by atoms with E-state index in [1.807, 2.05) is 48.3 Å². The Hall–Kier alpha value is -4.23. The van der Waals surface area contributed by atoms with Crippen LogP contribution in [0.4, 0.5) is 11.6 Å². The van der Waals surface area contributed by atoms with Crippen LogP contribution in [-0.4, -0.2) is 43.7 Å². The molecule has 0 amide bonds. The summed E-state index contributed by atoms with van der Waals surface area (Å²) < 4.78 is 15.2. The van der Waals surface area contributed by atoms with Crippen molar-refractivity contribution in [3.63, 3.8) is 0 Å². The maximum Gasteiger partial charge on any atom is 0.189 e. The Bertz CT molecular complexity index is 1460. The third kappa shape index (κ3) is 4.78. The largest absolute Gasteiger partial charge is 0.491 e. The van der Waals surface area contributed by atoms with Gasteiger partial charge in [0.05, 0.1) is 30.5 Å². The molecule has 3 aromatic heterocycles. The lowest BCUT2D eigenvalue weighted by Gasteiger charge is -2.12. The molecule has 1 fully saturated rings. The summed E-state index contributed by atoms with van der Waals surface area (Å²) in [5.74, 6) is 3.18. The number of hydrogen-bond donors (Lipinski definition) is 1. The molecule has 0 saturated heterocycles. The third-order valence-electron chi connectivity index (χ3n) is 6.75. The first-order valence-electron chi connectivity index (χ1n) is 12.3. The van der Waals surface area contributed by atoms with Crippen molar-refractivity contribution < 1.29 is 9.47 Å². The highest BCUT2D eigenvalue weighted by molar-refractivity contribution is 5.76. The molecule has 0 spiro atoms. The molecule has 1 N–H and O–H groups in total. The molecule has 4 aromatic rings. The molecule has 1 aromatic carbocycles. The van der Waals surface area contributed by atoms with Crippen LogP contribution in [0.5, 0.6) is 5.75 Å². The molecule has 0 aliphatic heterocycles. The maximum atomic E-state index is 9.17. The van der Waals surface area contributed by atoms with Crippen LogP contribution in [0, 0.1) is 31.1 Å². The summed E-state index contributed by atoms with van der Waals surface area (Å²) in [5.41, 5.74) is 5.10. The maximum absolute atomic E-state index is 9.17. The number of aryl methyl sites for hydroxylation is 1. The van der Waals surface area contributed by atoms with E-state index in [2.05, 4.69) is 21.4 Å². The number of benzene rings is 1. The van der Waals surface area contributed by atoms with Gasteiger partial charge in [0.25, 0.3) is 0 Å². The zero-order chi connectivity index (χ0) is 26.1. The van der Waals surface area contributed by atoms with Crippen LogP contribution in [0.1, 0.15) is 48.4 Å². The Labute approximate surface area is 215 Å². The number of anilines is 2. The first kappa shape index (κ1) is 24.5. The topological polar surface area (TPSA) is 116 Å². The summed E-state index contributed by atoms with van der Waals surface area (Å²) in [6.07, 6.45) is 3.82. The molecule has 1 unspecified atom stereocenters. The van der Waals surface area contributed by atoms with Gasteiger partial charge in [-0.25, -0.2) is 19.3 Å². The molecular weight excluding hydrogens is 468 g/mol. The van der Waals surface area contributed by atoms with Gasteiger partial charge in [-0.15, -0.1) is 0 Å². The molecule has 10 nitrogen and oxygen atoms in total. The molecule has 5 rings (SSSR count). The summed E-state index contributed by atoms with van der Waals surface area (Å²) in [6.45, 7) is 6.77. The number of nitriles is 1. The van der Waals surface area contributed by atoms with Gasteiger partial charge in [-0.3, -0.25) is 0 Å². The highest BCUT2D eigenvalue weighted by atomic mass is 16.5. The van der Waals surface area contributed by atoms with Gasteiger partial charge in [0, 0.05) is 36.5 Å².